The first kappa shape index (κ1) is 21.0. The summed E-state index contributed by atoms with van der Waals surface area (Å²) in [4.78, 5) is 27.1. The van der Waals surface area contributed by atoms with E-state index in [-0.39, 0.29) is 17.6 Å². The highest BCUT2D eigenvalue weighted by atomic mass is 19.1. The molecule has 1 aliphatic heterocycles. The zero-order valence-electron chi connectivity index (χ0n) is 17.4. The maximum Gasteiger partial charge on any atom is 0.272 e. The second-order valence-electron chi connectivity index (χ2n) is 7.79. The van der Waals surface area contributed by atoms with Crippen LogP contribution in [0.3, 0.4) is 0 Å². The van der Waals surface area contributed by atoms with Gasteiger partial charge in [0, 0.05) is 31.7 Å². The van der Waals surface area contributed by atoms with Crippen LogP contribution in [-0.2, 0) is 11.3 Å². The smallest absolute Gasteiger partial charge is 0.272 e. The third kappa shape index (κ3) is 5.22. The third-order valence-corrected chi connectivity index (χ3v) is 5.47. The second kappa shape index (κ2) is 9.20. The van der Waals surface area contributed by atoms with E-state index in [9.17, 15) is 14.0 Å². The van der Waals surface area contributed by atoms with Crippen LogP contribution >= 0.6 is 0 Å². The first-order valence-electron chi connectivity index (χ1n) is 10.3. The largest absolute Gasteiger partial charge is 0.337 e. The predicted molar refractivity (Wildman–Crippen MR) is 110 cm³/mol. The van der Waals surface area contributed by atoms with Gasteiger partial charge in [-0.25, -0.2) is 4.39 Å². The maximum atomic E-state index is 13.2. The van der Waals surface area contributed by atoms with Crippen LogP contribution in [0.4, 0.5) is 10.1 Å². The molecular weight excluding hydrogens is 371 g/mol. The minimum Gasteiger partial charge on any atom is -0.337 e. The van der Waals surface area contributed by atoms with Crippen LogP contribution < -0.4 is 5.32 Å². The molecular formula is C22H29FN4O2. The quantitative estimate of drug-likeness (QED) is 0.799. The van der Waals surface area contributed by atoms with Gasteiger partial charge < -0.3 is 10.2 Å². The molecule has 6 nitrogen and oxygen atoms in total. The van der Waals surface area contributed by atoms with Gasteiger partial charge >= 0.3 is 0 Å². The minimum atomic E-state index is -0.313. The number of halogens is 1. The molecule has 1 saturated heterocycles. The molecule has 0 spiro atoms. The number of aromatic nitrogens is 2. The van der Waals surface area contributed by atoms with E-state index < -0.39 is 0 Å². The van der Waals surface area contributed by atoms with Crippen molar-refractivity contribution >= 4 is 17.5 Å². The fraction of sp³-hybridized carbons (Fsp3) is 0.500. The highest BCUT2D eigenvalue weighted by molar-refractivity contribution is 5.93. The van der Waals surface area contributed by atoms with E-state index in [2.05, 4.69) is 10.4 Å². The normalized spacial score (nSPS) is 16.7. The summed E-state index contributed by atoms with van der Waals surface area (Å²) in [6, 6.07) is 6.18. The van der Waals surface area contributed by atoms with Crippen molar-refractivity contribution in [2.75, 3.05) is 18.4 Å². The lowest BCUT2D eigenvalue weighted by molar-refractivity contribution is -0.116. The summed E-state index contributed by atoms with van der Waals surface area (Å²) < 4.78 is 14.9. The molecule has 0 aliphatic carbocycles. The molecule has 7 heteroatoms. The van der Waals surface area contributed by atoms with Crippen molar-refractivity contribution in [3.63, 3.8) is 0 Å². The number of nitrogens with zero attached hydrogens (tertiary/aromatic N) is 3. The van der Waals surface area contributed by atoms with Gasteiger partial charge in [-0.3, -0.25) is 14.3 Å². The van der Waals surface area contributed by atoms with E-state index in [1.165, 1.54) is 12.1 Å². The number of benzene rings is 1. The van der Waals surface area contributed by atoms with Crippen LogP contribution in [0.15, 0.2) is 24.3 Å². The summed E-state index contributed by atoms with van der Waals surface area (Å²) in [5, 5.41) is 7.23. The molecule has 1 fully saturated rings. The summed E-state index contributed by atoms with van der Waals surface area (Å²) in [6.45, 7) is 7.70. The molecule has 2 amide bonds. The Kier molecular flexibility index (Phi) is 6.67. The topological polar surface area (TPSA) is 67.2 Å². The number of piperidine rings is 1. The van der Waals surface area contributed by atoms with Gasteiger partial charge in [0.15, 0.2) is 0 Å². The van der Waals surface area contributed by atoms with Gasteiger partial charge in [0.1, 0.15) is 11.5 Å². The third-order valence-electron chi connectivity index (χ3n) is 5.47. The average molecular weight is 400 g/mol. The Hall–Kier alpha value is -2.70. The predicted octanol–water partition coefficient (Wildman–Crippen LogP) is 3.93. The minimum absolute atomic E-state index is 0.0172. The summed E-state index contributed by atoms with van der Waals surface area (Å²) in [6.07, 6.45) is 3.06. The molecule has 1 aliphatic rings. The number of anilines is 1. The molecule has 0 radical (unpaired) electrons. The van der Waals surface area contributed by atoms with E-state index in [0.717, 1.165) is 31.5 Å². The Labute approximate surface area is 171 Å². The van der Waals surface area contributed by atoms with E-state index in [1.807, 2.05) is 24.8 Å². The van der Waals surface area contributed by atoms with Crippen LogP contribution in [0.2, 0.25) is 0 Å². The van der Waals surface area contributed by atoms with Crippen LogP contribution in [0.1, 0.15) is 54.4 Å². The highest BCUT2D eigenvalue weighted by Gasteiger charge is 2.27. The molecule has 2 aromatic rings. The van der Waals surface area contributed by atoms with Gasteiger partial charge in [0.25, 0.3) is 5.91 Å². The van der Waals surface area contributed by atoms with Crippen molar-refractivity contribution in [3.05, 3.63) is 47.0 Å². The number of carbonyl (C=O) groups excluding carboxylic acids is 2. The molecule has 1 atom stereocenters. The molecule has 1 aromatic heterocycles. The Bertz CT molecular complexity index is 893. The molecule has 0 bridgehead atoms. The number of hydrogen-bond acceptors (Lipinski definition) is 3. The van der Waals surface area contributed by atoms with Crippen molar-refractivity contribution in [1.82, 2.24) is 14.7 Å². The van der Waals surface area contributed by atoms with Gasteiger partial charge in [-0.1, -0.05) is 0 Å². The van der Waals surface area contributed by atoms with Crippen molar-refractivity contribution in [2.45, 2.75) is 53.0 Å². The number of amides is 2. The van der Waals surface area contributed by atoms with Crippen LogP contribution in [0.25, 0.3) is 0 Å². The van der Waals surface area contributed by atoms with E-state index in [1.54, 1.807) is 17.7 Å². The first-order chi connectivity index (χ1) is 13.9. The standard InChI is InChI=1S/C22H29FN4O2/c1-4-27-20(13-16(3)25-27)22(29)26-11-5-6-17(14-26)7-10-21(28)24-19-9-8-18(23)12-15(19)2/h8-9,12-13,17H,4-7,10-11,14H2,1-3H3,(H,24,28)/t17-/m1/s1. The lowest BCUT2D eigenvalue weighted by atomic mass is 9.93. The van der Waals surface area contributed by atoms with Gasteiger partial charge in [-0.15, -0.1) is 0 Å². The molecule has 1 N–H and O–H groups in total. The van der Waals surface area contributed by atoms with Gasteiger partial charge in [0.05, 0.1) is 5.69 Å². The molecule has 3 rings (SSSR count). The second-order valence-corrected chi connectivity index (χ2v) is 7.79. The number of aryl methyl sites for hydroxylation is 3. The Morgan fingerprint density at radius 2 is 2.07 bits per heavy atom. The van der Waals surface area contributed by atoms with E-state index in [4.69, 9.17) is 0 Å². The summed E-state index contributed by atoms with van der Waals surface area (Å²) >= 11 is 0. The molecule has 156 valence electrons. The molecule has 0 unspecified atom stereocenters. The Morgan fingerprint density at radius 1 is 1.28 bits per heavy atom. The maximum absolute atomic E-state index is 13.2. The van der Waals surface area contributed by atoms with Gasteiger partial charge in [-0.05, 0) is 75.8 Å². The van der Waals surface area contributed by atoms with Gasteiger partial charge in [-0.2, -0.15) is 5.10 Å². The number of carbonyl (C=O) groups is 2. The Morgan fingerprint density at radius 3 is 2.79 bits per heavy atom. The van der Waals surface area contributed by atoms with Crippen LogP contribution in [0.5, 0.6) is 0 Å². The molecule has 29 heavy (non-hydrogen) atoms. The van der Waals surface area contributed by atoms with Crippen molar-refractivity contribution in [3.8, 4) is 0 Å². The Balaban J connectivity index is 1.54. The van der Waals surface area contributed by atoms with E-state index >= 15 is 0 Å². The van der Waals surface area contributed by atoms with Crippen molar-refractivity contribution in [1.29, 1.82) is 0 Å². The number of hydrogen-bond donors (Lipinski definition) is 1. The zero-order valence-corrected chi connectivity index (χ0v) is 17.4. The molecule has 2 heterocycles. The van der Waals surface area contributed by atoms with Crippen LogP contribution in [-0.4, -0.2) is 39.6 Å². The summed E-state index contributed by atoms with van der Waals surface area (Å²) in [5.74, 6) is -0.0784. The number of rotatable bonds is 6. The van der Waals surface area contributed by atoms with Crippen molar-refractivity contribution < 1.29 is 14.0 Å². The lowest BCUT2D eigenvalue weighted by Crippen LogP contribution is -2.41. The summed E-state index contributed by atoms with van der Waals surface area (Å²) in [5.41, 5.74) is 2.82. The van der Waals surface area contributed by atoms with Gasteiger partial charge in [0.2, 0.25) is 5.91 Å². The van der Waals surface area contributed by atoms with Crippen molar-refractivity contribution in [2.24, 2.45) is 5.92 Å². The number of likely N-dealkylation sites (tertiary alicyclic amines) is 1. The molecule has 1 aromatic carbocycles. The fourth-order valence-electron chi connectivity index (χ4n) is 3.92. The fourth-order valence-corrected chi connectivity index (χ4v) is 3.92. The van der Waals surface area contributed by atoms with Crippen LogP contribution in [0, 0.1) is 25.6 Å². The first-order valence-corrected chi connectivity index (χ1v) is 10.3. The molecule has 0 saturated carbocycles. The van der Waals surface area contributed by atoms with E-state index in [0.29, 0.717) is 42.4 Å². The lowest BCUT2D eigenvalue weighted by Gasteiger charge is -2.32. The highest BCUT2D eigenvalue weighted by Crippen LogP contribution is 2.23. The summed E-state index contributed by atoms with van der Waals surface area (Å²) in [7, 11) is 0. The monoisotopic (exact) mass is 400 g/mol. The zero-order chi connectivity index (χ0) is 21.0. The average Bonchev–Trinajstić information content (AvgIpc) is 3.09. The SMILES string of the molecule is CCn1nc(C)cc1C(=O)N1CCC[C@H](CCC(=O)Nc2ccc(F)cc2C)C1. The number of nitrogens with one attached hydrogen (secondary N) is 1.